The summed E-state index contributed by atoms with van der Waals surface area (Å²) < 4.78 is 12.6. The Balaban J connectivity index is 1.84. The predicted octanol–water partition coefficient (Wildman–Crippen LogP) is 3.50. The van der Waals surface area contributed by atoms with Crippen LogP contribution in [-0.4, -0.2) is 4.89 Å². The van der Waals surface area contributed by atoms with E-state index < -0.39 is 7.37 Å². The lowest BCUT2D eigenvalue weighted by atomic mass is 10.1. The Hall–Kier alpha value is -2.15. The van der Waals surface area contributed by atoms with Crippen LogP contribution in [0.4, 0.5) is 0 Å². The molecule has 0 aromatic heterocycles. The molecule has 3 aromatic carbocycles. The minimum absolute atomic E-state index is 0.464. The molecule has 0 fully saturated rings. The topological polar surface area (TPSA) is 37.3 Å². The van der Waals surface area contributed by atoms with Gasteiger partial charge in [-0.3, -0.25) is 4.57 Å². The Morgan fingerprint density at radius 1 is 0.636 bits per heavy atom. The van der Waals surface area contributed by atoms with Gasteiger partial charge in [-0.15, -0.1) is 0 Å². The summed E-state index contributed by atoms with van der Waals surface area (Å²) in [6, 6.07) is 26.3. The van der Waals surface area contributed by atoms with E-state index in [1.54, 1.807) is 36.4 Å². The fraction of sp³-hybridized carbons (Fsp3) is 0.0526. The second kappa shape index (κ2) is 6.31. The third kappa shape index (κ3) is 3.19. The number of hydrogen-bond acceptors (Lipinski definition) is 1. The highest BCUT2D eigenvalue weighted by Gasteiger charge is 2.23. The summed E-state index contributed by atoms with van der Waals surface area (Å²) in [5.74, 6) is 0. The highest BCUT2D eigenvalue weighted by Crippen LogP contribution is 2.37. The van der Waals surface area contributed by atoms with E-state index in [4.69, 9.17) is 0 Å². The monoisotopic (exact) mass is 308 g/mol. The van der Waals surface area contributed by atoms with Gasteiger partial charge in [0, 0.05) is 10.6 Å². The minimum atomic E-state index is -3.50. The lowest BCUT2D eigenvalue weighted by Crippen LogP contribution is -2.15. The Bertz CT molecular complexity index is 781. The van der Waals surface area contributed by atoms with Gasteiger partial charge >= 0.3 is 0 Å². The van der Waals surface area contributed by atoms with Gasteiger partial charge in [0.05, 0.1) is 0 Å². The van der Waals surface area contributed by atoms with E-state index in [2.05, 4.69) is 12.1 Å². The molecular weight excluding hydrogens is 291 g/mol. The molecule has 110 valence electrons. The Morgan fingerprint density at radius 3 is 1.68 bits per heavy atom. The Morgan fingerprint density at radius 2 is 1.09 bits per heavy atom. The van der Waals surface area contributed by atoms with Crippen molar-refractivity contribution in [1.82, 2.24) is 0 Å². The van der Waals surface area contributed by atoms with Crippen LogP contribution in [0.2, 0.25) is 0 Å². The molecule has 2 nitrogen and oxygen atoms in total. The summed E-state index contributed by atoms with van der Waals surface area (Å²) in [5, 5.41) is 0.932. The van der Waals surface area contributed by atoms with E-state index in [-0.39, 0.29) is 0 Å². The zero-order valence-electron chi connectivity index (χ0n) is 12.1. The number of rotatable bonds is 4. The molecule has 3 heteroatoms. The summed E-state index contributed by atoms with van der Waals surface area (Å²) in [6.45, 7) is 0. The predicted molar refractivity (Wildman–Crippen MR) is 91.2 cm³/mol. The van der Waals surface area contributed by atoms with Gasteiger partial charge in [-0.2, -0.15) is 0 Å². The molecule has 0 aliphatic rings. The van der Waals surface area contributed by atoms with Gasteiger partial charge in [-0.05, 0) is 41.8 Å². The largest absolute Gasteiger partial charge is 0.338 e. The minimum Gasteiger partial charge on any atom is -0.338 e. The second-order valence-electron chi connectivity index (χ2n) is 5.24. The van der Waals surface area contributed by atoms with Gasteiger partial charge < -0.3 is 4.89 Å². The van der Waals surface area contributed by atoms with Crippen LogP contribution in [0.1, 0.15) is 11.1 Å². The smallest absolute Gasteiger partial charge is 0.258 e. The van der Waals surface area contributed by atoms with Crippen LogP contribution < -0.4 is 10.6 Å². The molecule has 0 aliphatic carbocycles. The van der Waals surface area contributed by atoms with Crippen molar-refractivity contribution < 1.29 is 9.46 Å². The maximum absolute atomic E-state index is 12.6. The fourth-order valence-electron chi connectivity index (χ4n) is 2.43. The van der Waals surface area contributed by atoms with E-state index in [0.717, 1.165) is 12.0 Å². The van der Waals surface area contributed by atoms with Crippen molar-refractivity contribution in [3.63, 3.8) is 0 Å². The van der Waals surface area contributed by atoms with Crippen LogP contribution in [-0.2, 0) is 11.0 Å². The van der Waals surface area contributed by atoms with Crippen LogP contribution in [0.3, 0.4) is 0 Å². The van der Waals surface area contributed by atoms with Gasteiger partial charge in [0.2, 0.25) is 0 Å². The molecule has 3 rings (SSSR count). The lowest BCUT2D eigenvalue weighted by Gasteiger charge is -2.12. The van der Waals surface area contributed by atoms with Crippen LogP contribution in [0.15, 0.2) is 84.9 Å². The van der Waals surface area contributed by atoms with Crippen molar-refractivity contribution >= 4 is 18.0 Å². The molecule has 1 unspecified atom stereocenters. The van der Waals surface area contributed by atoms with Gasteiger partial charge in [0.25, 0.3) is 7.37 Å². The SMILES string of the molecule is O=P(O)(c1ccccc1)c1ccc(Cc2ccccc2)cc1. The van der Waals surface area contributed by atoms with Gasteiger partial charge in [0.15, 0.2) is 0 Å². The third-order valence-corrected chi connectivity index (χ3v) is 5.64. The van der Waals surface area contributed by atoms with Crippen molar-refractivity contribution in [3.8, 4) is 0 Å². The van der Waals surface area contributed by atoms with Crippen molar-refractivity contribution in [2.45, 2.75) is 6.42 Å². The summed E-state index contributed by atoms with van der Waals surface area (Å²) in [5.41, 5.74) is 2.36. The highest BCUT2D eigenvalue weighted by molar-refractivity contribution is 7.73. The molecule has 0 spiro atoms. The first-order valence-electron chi connectivity index (χ1n) is 7.18. The molecule has 0 aliphatic heterocycles. The van der Waals surface area contributed by atoms with Crippen LogP contribution in [0.5, 0.6) is 0 Å². The standard InChI is InChI=1S/C19H17O2P/c20-22(21,18-9-5-2-6-10-18)19-13-11-17(12-14-19)15-16-7-3-1-4-8-16/h1-14H,15H2,(H,20,21). The summed E-state index contributed by atoms with van der Waals surface area (Å²) in [6.07, 6.45) is 0.822. The van der Waals surface area contributed by atoms with Gasteiger partial charge in [0.1, 0.15) is 0 Å². The number of hydrogen-bond donors (Lipinski definition) is 1. The molecule has 0 saturated carbocycles. The molecular formula is C19H17O2P. The zero-order chi connectivity index (χ0) is 15.4. The van der Waals surface area contributed by atoms with Gasteiger partial charge in [-0.1, -0.05) is 60.7 Å². The average Bonchev–Trinajstić information content (AvgIpc) is 2.57. The first-order chi connectivity index (χ1) is 10.7. The quantitative estimate of drug-likeness (QED) is 0.749. The average molecular weight is 308 g/mol. The molecule has 0 saturated heterocycles. The number of benzene rings is 3. The van der Waals surface area contributed by atoms with E-state index in [0.29, 0.717) is 10.6 Å². The molecule has 22 heavy (non-hydrogen) atoms. The van der Waals surface area contributed by atoms with Crippen molar-refractivity contribution in [2.75, 3.05) is 0 Å². The maximum Gasteiger partial charge on any atom is 0.258 e. The van der Waals surface area contributed by atoms with Crippen molar-refractivity contribution in [1.29, 1.82) is 0 Å². The van der Waals surface area contributed by atoms with Crippen LogP contribution in [0.25, 0.3) is 0 Å². The van der Waals surface area contributed by atoms with E-state index in [1.165, 1.54) is 5.56 Å². The first kappa shape index (κ1) is 14.8. The molecule has 0 bridgehead atoms. The molecule has 0 radical (unpaired) electrons. The summed E-state index contributed by atoms with van der Waals surface area (Å²) in [7, 11) is -3.50. The maximum atomic E-state index is 12.6. The van der Waals surface area contributed by atoms with Gasteiger partial charge in [-0.25, -0.2) is 0 Å². The molecule has 1 atom stereocenters. The van der Waals surface area contributed by atoms with Crippen molar-refractivity contribution in [2.24, 2.45) is 0 Å². The van der Waals surface area contributed by atoms with E-state index in [9.17, 15) is 9.46 Å². The van der Waals surface area contributed by atoms with Crippen LogP contribution >= 0.6 is 7.37 Å². The molecule has 1 N–H and O–H groups in total. The van der Waals surface area contributed by atoms with E-state index in [1.807, 2.05) is 36.4 Å². The van der Waals surface area contributed by atoms with Crippen LogP contribution in [0, 0.1) is 0 Å². The second-order valence-corrected chi connectivity index (χ2v) is 7.43. The molecule has 0 amide bonds. The molecule has 0 heterocycles. The van der Waals surface area contributed by atoms with Crippen molar-refractivity contribution in [3.05, 3.63) is 96.1 Å². The third-order valence-electron chi connectivity index (χ3n) is 3.64. The lowest BCUT2D eigenvalue weighted by molar-refractivity contribution is 0.501. The van der Waals surface area contributed by atoms with E-state index >= 15 is 0 Å². The Labute approximate surface area is 130 Å². The summed E-state index contributed by atoms with van der Waals surface area (Å²) in [4.78, 5) is 10.4. The fourth-order valence-corrected chi connectivity index (χ4v) is 3.85. The first-order valence-corrected chi connectivity index (χ1v) is 8.84. The zero-order valence-corrected chi connectivity index (χ0v) is 13.0. The summed E-state index contributed by atoms with van der Waals surface area (Å²) >= 11 is 0. The highest BCUT2D eigenvalue weighted by atomic mass is 31.2. The Kier molecular flexibility index (Phi) is 4.24. The molecule has 3 aromatic rings. The normalized spacial score (nSPS) is 13.5.